The molecule has 2 N–H and O–H groups in total. The zero-order valence-electron chi connectivity index (χ0n) is 11.2. The molecule has 2 aromatic rings. The van der Waals surface area contributed by atoms with E-state index in [9.17, 15) is 0 Å². The SMILES string of the molecule is CCC(N)c1ccc(N2CCc3sccc3C2)cn1. The van der Waals surface area contributed by atoms with Crippen LogP contribution in [-0.4, -0.2) is 11.5 Å². The van der Waals surface area contributed by atoms with Crippen LogP contribution in [0.15, 0.2) is 29.8 Å². The Bertz CT molecular complexity index is 547. The maximum atomic E-state index is 6.00. The van der Waals surface area contributed by atoms with Gasteiger partial charge in [0.15, 0.2) is 0 Å². The Morgan fingerprint density at radius 2 is 2.32 bits per heavy atom. The number of nitrogens with zero attached hydrogens (tertiary/aromatic N) is 2. The van der Waals surface area contributed by atoms with Crippen LogP contribution in [0.1, 0.15) is 35.5 Å². The number of aromatic nitrogens is 1. The van der Waals surface area contributed by atoms with Gasteiger partial charge in [0.2, 0.25) is 0 Å². The van der Waals surface area contributed by atoms with Gasteiger partial charge in [-0.05, 0) is 42.0 Å². The van der Waals surface area contributed by atoms with Crippen LogP contribution in [0, 0.1) is 0 Å². The van der Waals surface area contributed by atoms with Crippen molar-refractivity contribution in [1.29, 1.82) is 0 Å². The number of rotatable bonds is 3. The second-order valence-corrected chi connectivity index (χ2v) is 6.00. The third kappa shape index (κ3) is 2.51. The van der Waals surface area contributed by atoms with Crippen molar-refractivity contribution < 1.29 is 0 Å². The molecule has 1 unspecified atom stereocenters. The fraction of sp³-hybridized carbons (Fsp3) is 0.400. The summed E-state index contributed by atoms with van der Waals surface area (Å²) < 4.78 is 0. The topological polar surface area (TPSA) is 42.1 Å². The van der Waals surface area contributed by atoms with Gasteiger partial charge in [0.05, 0.1) is 17.6 Å². The molecular weight excluding hydrogens is 254 g/mol. The van der Waals surface area contributed by atoms with Gasteiger partial charge in [-0.1, -0.05) is 6.92 Å². The van der Waals surface area contributed by atoms with Crippen LogP contribution in [0.2, 0.25) is 0 Å². The predicted octanol–water partition coefficient (Wildman–Crippen LogP) is 3.12. The molecule has 0 saturated heterocycles. The highest BCUT2D eigenvalue weighted by Gasteiger charge is 2.17. The minimum atomic E-state index is 0.0545. The molecule has 1 aliphatic rings. The lowest BCUT2D eigenvalue weighted by molar-refractivity contribution is 0.673. The molecule has 0 aliphatic carbocycles. The normalized spacial score (nSPS) is 16.2. The molecule has 3 nitrogen and oxygen atoms in total. The smallest absolute Gasteiger partial charge is 0.0572 e. The number of hydrogen-bond donors (Lipinski definition) is 1. The largest absolute Gasteiger partial charge is 0.366 e. The summed E-state index contributed by atoms with van der Waals surface area (Å²) >= 11 is 1.87. The molecule has 0 saturated carbocycles. The molecule has 1 atom stereocenters. The van der Waals surface area contributed by atoms with E-state index in [1.165, 1.54) is 16.1 Å². The first-order chi connectivity index (χ1) is 9.28. The summed E-state index contributed by atoms with van der Waals surface area (Å²) in [6, 6.07) is 6.50. The molecule has 100 valence electrons. The van der Waals surface area contributed by atoms with Crippen molar-refractivity contribution in [1.82, 2.24) is 4.98 Å². The molecule has 0 radical (unpaired) electrons. The minimum absolute atomic E-state index is 0.0545. The average molecular weight is 273 g/mol. The molecule has 0 fully saturated rings. The van der Waals surface area contributed by atoms with Gasteiger partial charge in [0.25, 0.3) is 0 Å². The van der Waals surface area contributed by atoms with E-state index in [0.717, 1.165) is 31.6 Å². The van der Waals surface area contributed by atoms with E-state index < -0.39 is 0 Å². The van der Waals surface area contributed by atoms with Crippen LogP contribution in [-0.2, 0) is 13.0 Å². The molecular formula is C15H19N3S. The van der Waals surface area contributed by atoms with E-state index in [-0.39, 0.29) is 6.04 Å². The minimum Gasteiger partial charge on any atom is -0.366 e. The Hall–Kier alpha value is -1.39. The number of fused-ring (bicyclic) bond motifs is 1. The fourth-order valence-electron chi connectivity index (χ4n) is 2.48. The van der Waals surface area contributed by atoms with Gasteiger partial charge in [-0.2, -0.15) is 0 Å². The highest BCUT2D eigenvalue weighted by atomic mass is 32.1. The molecule has 0 amide bonds. The zero-order chi connectivity index (χ0) is 13.2. The van der Waals surface area contributed by atoms with Crippen LogP contribution in [0.3, 0.4) is 0 Å². The molecule has 0 spiro atoms. The summed E-state index contributed by atoms with van der Waals surface area (Å²) in [5.74, 6) is 0. The Morgan fingerprint density at radius 3 is 3.05 bits per heavy atom. The van der Waals surface area contributed by atoms with Gasteiger partial charge >= 0.3 is 0 Å². The maximum absolute atomic E-state index is 6.00. The van der Waals surface area contributed by atoms with Crippen LogP contribution < -0.4 is 10.6 Å². The van der Waals surface area contributed by atoms with Crippen molar-refractivity contribution >= 4 is 17.0 Å². The monoisotopic (exact) mass is 273 g/mol. The summed E-state index contributed by atoms with van der Waals surface area (Å²) in [5.41, 5.74) is 9.64. The second-order valence-electron chi connectivity index (χ2n) is 5.00. The van der Waals surface area contributed by atoms with Crippen LogP contribution in [0.5, 0.6) is 0 Å². The first-order valence-electron chi connectivity index (χ1n) is 6.79. The van der Waals surface area contributed by atoms with Gasteiger partial charge in [-0.15, -0.1) is 11.3 Å². The van der Waals surface area contributed by atoms with Crippen molar-refractivity contribution in [3.8, 4) is 0 Å². The average Bonchev–Trinajstić information content (AvgIpc) is 2.94. The first-order valence-corrected chi connectivity index (χ1v) is 7.67. The Morgan fingerprint density at radius 1 is 1.42 bits per heavy atom. The third-order valence-electron chi connectivity index (χ3n) is 3.76. The highest BCUT2D eigenvalue weighted by Crippen LogP contribution is 2.27. The van der Waals surface area contributed by atoms with E-state index in [1.807, 2.05) is 17.5 Å². The van der Waals surface area contributed by atoms with Crippen LogP contribution in [0.4, 0.5) is 5.69 Å². The number of pyridine rings is 1. The molecule has 0 aromatic carbocycles. The van der Waals surface area contributed by atoms with Gasteiger partial charge in [-0.3, -0.25) is 4.98 Å². The summed E-state index contributed by atoms with van der Waals surface area (Å²) in [6.45, 7) is 4.16. The summed E-state index contributed by atoms with van der Waals surface area (Å²) in [6.07, 6.45) is 4.03. The molecule has 1 aliphatic heterocycles. The fourth-order valence-corrected chi connectivity index (χ4v) is 3.37. The van der Waals surface area contributed by atoms with E-state index in [4.69, 9.17) is 5.73 Å². The number of nitrogens with two attached hydrogens (primary N) is 1. The Labute approximate surface area is 118 Å². The summed E-state index contributed by atoms with van der Waals surface area (Å²) in [4.78, 5) is 8.43. The van der Waals surface area contributed by atoms with E-state index >= 15 is 0 Å². The van der Waals surface area contributed by atoms with Crippen LogP contribution >= 0.6 is 11.3 Å². The Kier molecular flexibility index (Phi) is 3.53. The number of hydrogen-bond acceptors (Lipinski definition) is 4. The third-order valence-corrected chi connectivity index (χ3v) is 4.79. The lowest BCUT2D eigenvalue weighted by Gasteiger charge is -2.29. The molecule has 3 rings (SSSR count). The summed E-state index contributed by atoms with van der Waals surface area (Å²) in [7, 11) is 0. The first kappa shape index (κ1) is 12.6. The van der Waals surface area contributed by atoms with Crippen LogP contribution in [0.25, 0.3) is 0 Å². The second kappa shape index (κ2) is 5.31. The zero-order valence-corrected chi connectivity index (χ0v) is 12.0. The van der Waals surface area contributed by atoms with Gasteiger partial charge < -0.3 is 10.6 Å². The molecule has 19 heavy (non-hydrogen) atoms. The lowest BCUT2D eigenvalue weighted by atomic mass is 10.1. The molecule has 3 heterocycles. The summed E-state index contributed by atoms with van der Waals surface area (Å²) in [5, 5.41) is 2.19. The molecule has 4 heteroatoms. The maximum Gasteiger partial charge on any atom is 0.0572 e. The number of thiophene rings is 1. The van der Waals surface area contributed by atoms with E-state index in [2.05, 4.69) is 40.4 Å². The van der Waals surface area contributed by atoms with Gasteiger partial charge in [0, 0.05) is 24.0 Å². The van der Waals surface area contributed by atoms with E-state index in [1.54, 1.807) is 0 Å². The lowest BCUT2D eigenvalue weighted by Crippen LogP contribution is -2.29. The van der Waals surface area contributed by atoms with Crippen molar-refractivity contribution in [3.63, 3.8) is 0 Å². The Balaban J connectivity index is 1.77. The molecule has 0 bridgehead atoms. The van der Waals surface area contributed by atoms with Crippen molar-refractivity contribution in [2.24, 2.45) is 5.73 Å². The van der Waals surface area contributed by atoms with Crippen molar-refractivity contribution in [2.45, 2.75) is 32.4 Å². The number of anilines is 1. The predicted molar refractivity (Wildman–Crippen MR) is 80.5 cm³/mol. The van der Waals surface area contributed by atoms with E-state index in [0.29, 0.717) is 0 Å². The quantitative estimate of drug-likeness (QED) is 0.934. The standard InChI is InChI=1S/C15H19N3S/c1-2-13(16)14-4-3-12(9-17-14)18-7-5-15-11(10-18)6-8-19-15/h3-4,6,8-9,13H,2,5,7,10,16H2,1H3. The van der Waals surface area contributed by atoms with Gasteiger partial charge in [-0.25, -0.2) is 0 Å². The van der Waals surface area contributed by atoms with Gasteiger partial charge in [0.1, 0.15) is 0 Å². The van der Waals surface area contributed by atoms with Crippen molar-refractivity contribution in [2.75, 3.05) is 11.4 Å². The molecule has 2 aromatic heterocycles. The highest BCUT2D eigenvalue weighted by molar-refractivity contribution is 7.10. The van der Waals surface area contributed by atoms with Crippen molar-refractivity contribution in [3.05, 3.63) is 45.9 Å².